The van der Waals surface area contributed by atoms with E-state index in [0.717, 1.165) is 52.9 Å². The van der Waals surface area contributed by atoms with Crippen molar-refractivity contribution in [2.75, 3.05) is 25.5 Å². The fraction of sp³-hybridized carbons (Fsp3) is 0.308. The number of non-ortho nitro benzene ring substituents is 1. The largest absolute Gasteiger partial charge is 0.342 e. The van der Waals surface area contributed by atoms with Crippen LogP contribution in [-0.4, -0.2) is 46.0 Å². The van der Waals surface area contributed by atoms with Crippen LogP contribution in [0.1, 0.15) is 35.1 Å². The van der Waals surface area contributed by atoms with Gasteiger partial charge in [-0.2, -0.15) is 5.26 Å². The molecule has 34 heavy (non-hydrogen) atoms. The summed E-state index contributed by atoms with van der Waals surface area (Å²) >= 11 is 0. The summed E-state index contributed by atoms with van der Waals surface area (Å²) in [6.45, 7) is 2.89. The number of imidazole rings is 1. The maximum Gasteiger partial charge on any atom is 0.269 e. The average molecular weight is 455 g/mol. The van der Waals surface area contributed by atoms with Crippen molar-refractivity contribution >= 4 is 28.2 Å². The van der Waals surface area contributed by atoms with Crippen molar-refractivity contribution < 1.29 is 4.92 Å². The van der Waals surface area contributed by atoms with Crippen molar-refractivity contribution in [2.24, 2.45) is 0 Å². The molecule has 1 saturated heterocycles. The molecule has 3 heterocycles. The number of nitriles is 1. The number of hydrogen-bond donors (Lipinski definition) is 0. The van der Waals surface area contributed by atoms with Gasteiger partial charge < -0.3 is 4.90 Å². The Balaban J connectivity index is 1.81. The van der Waals surface area contributed by atoms with Crippen LogP contribution in [0.2, 0.25) is 0 Å². The van der Waals surface area contributed by atoms with Crippen LogP contribution in [0.5, 0.6) is 0 Å². The number of para-hydroxylation sites is 2. The summed E-state index contributed by atoms with van der Waals surface area (Å²) in [5, 5.41) is 21.3. The highest BCUT2D eigenvalue weighted by molar-refractivity contribution is 5.86. The second-order valence-corrected chi connectivity index (χ2v) is 9.05. The van der Waals surface area contributed by atoms with E-state index in [-0.39, 0.29) is 16.8 Å². The Morgan fingerprint density at radius 1 is 1.21 bits per heavy atom. The molecule has 1 fully saturated rings. The van der Waals surface area contributed by atoms with Gasteiger partial charge in [-0.05, 0) is 57.1 Å². The highest BCUT2D eigenvalue weighted by Gasteiger charge is 2.32. The summed E-state index contributed by atoms with van der Waals surface area (Å²) in [4.78, 5) is 20.3. The molecule has 8 nitrogen and oxygen atoms in total. The number of anilines is 1. The van der Waals surface area contributed by atoms with E-state index in [9.17, 15) is 15.4 Å². The van der Waals surface area contributed by atoms with E-state index in [1.54, 1.807) is 24.3 Å². The number of pyridine rings is 1. The van der Waals surface area contributed by atoms with E-state index < -0.39 is 0 Å². The topological polar surface area (TPSA) is 90.7 Å². The molecule has 0 bridgehead atoms. The molecule has 1 atom stereocenters. The molecule has 172 valence electrons. The van der Waals surface area contributed by atoms with Crippen molar-refractivity contribution in [2.45, 2.75) is 32.4 Å². The molecular formula is C26H26N6O2. The van der Waals surface area contributed by atoms with E-state index >= 15 is 0 Å². The summed E-state index contributed by atoms with van der Waals surface area (Å²) in [6, 6.07) is 17.1. The van der Waals surface area contributed by atoms with Crippen LogP contribution in [0.25, 0.3) is 16.7 Å². The Labute approximate surface area is 197 Å². The van der Waals surface area contributed by atoms with Gasteiger partial charge in [0.15, 0.2) is 5.65 Å². The quantitative estimate of drug-likeness (QED) is 0.322. The molecule has 0 N–H and O–H groups in total. The van der Waals surface area contributed by atoms with Gasteiger partial charge in [-0.25, -0.2) is 4.98 Å². The molecule has 1 unspecified atom stereocenters. The fourth-order valence-electron chi connectivity index (χ4n) is 5.15. The molecule has 2 aromatic heterocycles. The molecular weight excluding hydrogens is 428 g/mol. The van der Waals surface area contributed by atoms with Gasteiger partial charge in [0.25, 0.3) is 5.69 Å². The molecule has 0 aliphatic carbocycles. The van der Waals surface area contributed by atoms with Crippen molar-refractivity contribution in [3.8, 4) is 6.07 Å². The first-order valence-electron chi connectivity index (χ1n) is 11.4. The summed E-state index contributed by atoms with van der Waals surface area (Å²) in [5.74, 6) is 1.05. The third-order valence-electron chi connectivity index (χ3n) is 6.82. The molecule has 0 radical (unpaired) electrons. The SMILES string of the molecule is Cc1c(Cc2ccc([N+](=O)[O-])cc2)c(N2CCCC2N(C)C)n2c(nc3ccccc32)c1C#N. The van der Waals surface area contributed by atoms with Crippen molar-refractivity contribution in [3.63, 3.8) is 0 Å². The predicted octanol–water partition coefficient (Wildman–Crippen LogP) is 4.65. The first-order valence-corrected chi connectivity index (χ1v) is 11.4. The highest BCUT2D eigenvalue weighted by atomic mass is 16.6. The minimum Gasteiger partial charge on any atom is -0.342 e. The molecule has 1 aliphatic heterocycles. The smallest absolute Gasteiger partial charge is 0.269 e. The zero-order valence-corrected chi connectivity index (χ0v) is 19.5. The first-order chi connectivity index (χ1) is 16.4. The first kappa shape index (κ1) is 21.9. The Kier molecular flexibility index (Phi) is 5.42. The van der Waals surface area contributed by atoms with Gasteiger partial charge in [-0.3, -0.25) is 19.4 Å². The molecule has 4 aromatic rings. The lowest BCUT2D eigenvalue weighted by Crippen LogP contribution is -2.42. The molecule has 0 spiro atoms. The average Bonchev–Trinajstić information content (AvgIpc) is 3.45. The minimum atomic E-state index is -0.385. The molecule has 1 aliphatic rings. The van der Waals surface area contributed by atoms with E-state index in [1.165, 1.54) is 0 Å². The van der Waals surface area contributed by atoms with Gasteiger partial charge in [0.2, 0.25) is 0 Å². The molecule has 2 aromatic carbocycles. The van der Waals surface area contributed by atoms with E-state index in [2.05, 4.69) is 34.4 Å². The van der Waals surface area contributed by atoms with Gasteiger partial charge >= 0.3 is 0 Å². The zero-order chi connectivity index (χ0) is 24.0. The number of hydrogen-bond acceptors (Lipinski definition) is 6. The van der Waals surface area contributed by atoms with Crippen LogP contribution in [0, 0.1) is 28.4 Å². The zero-order valence-electron chi connectivity index (χ0n) is 19.5. The third-order valence-corrected chi connectivity index (χ3v) is 6.82. The van der Waals surface area contributed by atoms with Gasteiger partial charge in [-0.1, -0.05) is 24.3 Å². The van der Waals surface area contributed by atoms with Crippen LogP contribution >= 0.6 is 0 Å². The van der Waals surface area contributed by atoms with Crippen molar-refractivity contribution in [1.29, 1.82) is 5.26 Å². The lowest BCUT2D eigenvalue weighted by atomic mass is 9.97. The van der Waals surface area contributed by atoms with Crippen LogP contribution in [0.4, 0.5) is 11.5 Å². The maximum absolute atomic E-state index is 11.1. The lowest BCUT2D eigenvalue weighted by molar-refractivity contribution is -0.384. The number of rotatable bonds is 5. The van der Waals surface area contributed by atoms with Crippen molar-refractivity contribution in [3.05, 3.63) is 80.9 Å². The van der Waals surface area contributed by atoms with Crippen LogP contribution in [0.3, 0.4) is 0 Å². The van der Waals surface area contributed by atoms with Gasteiger partial charge in [0.05, 0.1) is 27.7 Å². The Morgan fingerprint density at radius 2 is 1.94 bits per heavy atom. The number of nitro groups is 1. The van der Waals surface area contributed by atoms with Crippen molar-refractivity contribution in [1.82, 2.24) is 14.3 Å². The lowest BCUT2D eigenvalue weighted by Gasteiger charge is -2.34. The van der Waals surface area contributed by atoms with E-state index in [0.29, 0.717) is 17.6 Å². The number of fused-ring (bicyclic) bond motifs is 3. The normalized spacial score (nSPS) is 16.0. The highest BCUT2D eigenvalue weighted by Crippen LogP contribution is 2.38. The summed E-state index contributed by atoms with van der Waals surface area (Å²) in [7, 11) is 4.19. The second-order valence-electron chi connectivity index (χ2n) is 9.05. The van der Waals surface area contributed by atoms with Gasteiger partial charge in [-0.15, -0.1) is 0 Å². The maximum atomic E-state index is 11.1. The Hall–Kier alpha value is -3.96. The number of benzene rings is 2. The van der Waals surface area contributed by atoms with Crippen LogP contribution in [0.15, 0.2) is 48.5 Å². The van der Waals surface area contributed by atoms with E-state index in [1.807, 2.05) is 31.2 Å². The second kappa shape index (κ2) is 8.43. The molecule has 0 saturated carbocycles. The number of nitro benzene ring substituents is 1. The van der Waals surface area contributed by atoms with Gasteiger partial charge in [0, 0.05) is 30.7 Å². The summed E-state index contributed by atoms with van der Waals surface area (Å²) in [6.07, 6.45) is 2.92. The van der Waals surface area contributed by atoms with Crippen LogP contribution < -0.4 is 4.90 Å². The Bertz CT molecular complexity index is 1450. The van der Waals surface area contributed by atoms with Gasteiger partial charge in [0.1, 0.15) is 11.9 Å². The Morgan fingerprint density at radius 3 is 2.62 bits per heavy atom. The number of aromatic nitrogens is 2. The molecule has 5 rings (SSSR count). The number of nitrogens with zero attached hydrogens (tertiary/aromatic N) is 6. The summed E-state index contributed by atoms with van der Waals surface area (Å²) in [5.41, 5.74) is 6.05. The third kappa shape index (κ3) is 3.45. The molecule has 0 amide bonds. The van der Waals surface area contributed by atoms with E-state index in [4.69, 9.17) is 4.98 Å². The monoisotopic (exact) mass is 454 g/mol. The predicted molar refractivity (Wildman–Crippen MR) is 132 cm³/mol. The molecule has 8 heteroatoms. The standard InChI is InChI=1S/C26H26N6O2/c1-17-20(15-18-10-12-19(13-11-18)32(33)34)26(30-14-6-9-24(30)29(2)3)31-23-8-5-4-7-22(23)28-25(31)21(17)16-27/h4-5,7-8,10-13,24H,6,9,14-15H2,1-3H3. The van der Waals surface area contributed by atoms with Crippen LogP contribution in [-0.2, 0) is 6.42 Å². The fourth-order valence-corrected chi connectivity index (χ4v) is 5.15. The minimum absolute atomic E-state index is 0.0710. The summed E-state index contributed by atoms with van der Waals surface area (Å²) < 4.78 is 2.14.